The molecule has 3 N–H and O–H groups in total. The molecule has 2 aromatic rings. The van der Waals surface area contributed by atoms with E-state index in [-0.39, 0.29) is 22.7 Å². The average molecular weight is 355 g/mol. The summed E-state index contributed by atoms with van der Waals surface area (Å²) in [7, 11) is 0. The van der Waals surface area contributed by atoms with Gasteiger partial charge in [0, 0.05) is 12.1 Å². The Balaban J connectivity index is 2.22. The zero-order valence-corrected chi connectivity index (χ0v) is 14.1. The van der Waals surface area contributed by atoms with E-state index in [4.69, 9.17) is 0 Å². The molecule has 136 valence electrons. The van der Waals surface area contributed by atoms with Gasteiger partial charge in [-0.1, -0.05) is 6.92 Å². The van der Waals surface area contributed by atoms with Gasteiger partial charge in [0.2, 0.25) is 0 Å². The van der Waals surface area contributed by atoms with E-state index in [0.717, 1.165) is 6.07 Å². The first kappa shape index (κ1) is 19.0. The first-order valence-electron chi connectivity index (χ1n) is 7.76. The Hall–Kier alpha value is -2.35. The van der Waals surface area contributed by atoms with Crippen molar-refractivity contribution in [3.63, 3.8) is 0 Å². The number of nitrogens with zero attached hydrogens (tertiary/aromatic N) is 2. The molecule has 2 atom stereocenters. The number of benzene rings is 1. The number of anilines is 1. The molecule has 0 aliphatic rings. The highest BCUT2D eigenvalue weighted by Crippen LogP contribution is 2.38. The Bertz CT molecular complexity index is 708. The van der Waals surface area contributed by atoms with E-state index in [0.29, 0.717) is 18.4 Å². The molecule has 0 saturated carbocycles. The van der Waals surface area contributed by atoms with Gasteiger partial charge >= 0.3 is 6.18 Å². The number of hydrogen-bond acceptors (Lipinski definition) is 5. The van der Waals surface area contributed by atoms with E-state index in [1.165, 1.54) is 6.92 Å². The minimum atomic E-state index is -4.53. The van der Waals surface area contributed by atoms with Gasteiger partial charge < -0.3 is 15.5 Å². The predicted octanol–water partition coefficient (Wildman–Crippen LogP) is 3.61. The second-order valence-electron chi connectivity index (χ2n) is 6.09. The number of aromatic nitrogens is 2. The number of phenolic OH excluding ortho intramolecular Hbond substituents is 1. The zero-order chi connectivity index (χ0) is 18.8. The summed E-state index contributed by atoms with van der Waals surface area (Å²) in [6, 6.07) is 4.83. The second-order valence-corrected chi connectivity index (χ2v) is 6.09. The van der Waals surface area contributed by atoms with Crippen molar-refractivity contribution in [2.45, 2.75) is 33.1 Å². The Labute approximate surface area is 143 Å². The standard InChI is InChI=1S/C17H20F3N3O2/c1-9-6-12(17(18,19)20)7-14(25)16(9)13-4-5-15(23-22-13)21-8-10(2)11(3)24/h4-7,10-11,24-25H,8H2,1-3H3,(H,21,23)/t10?,11-/m1/s1. The molecule has 1 aromatic carbocycles. The maximum Gasteiger partial charge on any atom is 0.416 e. The van der Waals surface area contributed by atoms with E-state index in [9.17, 15) is 23.4 Å². The summed E-state index contributed by atoms with van der Waals surface area (Å²) in [5, 5.41) is 30.4. The van der Waals surface area contributed by atoms with Gasteiger partial charge in [-0.05, 0) is 49.6 Å². The van der Waals surface area contributed by atoms with Crippen LogP contribution in [0.3, 0.4) is 0 Å². The van der Waals surface area contributed by atoms with Gasteiger partial charge in [0.15, 0.2) is 0 Å². The molecule has 0 bridgehead atoms. The Morgan fingerprint density at radius 1 is 1.16 bits per heavy atom. The molecule has 0 aliphatic carbocycles. The molecule has 0 aliphatic heterocycles. The van der Waals surface area contributed by atoms with Gasteiger partial charge in [0.05, 0.1) is 17.4 Å². The summed E-state index contributed by atoms with van der Waals surface area (Å²) in [5.41, 5.74) is -0.170. The highest BCUT2D eigenvalue weighted by Gasteiger charge is 2.32. The molecule has 0 spiro atoms. The van der Waals surface area contributed by atoms with Crippen LogP contribution in [0.5, 0.6) is 5.75 Å². The van der Waals surface area contributed by atoms with Crippen molar-refractivity contribution in [3.8, 4) is 17.0 Å². The number of rotatable bonds is 5. The second kappa shape index (κ2) is 7.26. The molecule has 0 radical (unpaired) electrons. The lowest BCUT2D eigenvalue weighted by atomic mass is 10.0. The summed E-state index contributed by atoms with van der Waals surface area (Å²) in [4.78, 5) is 0. The largest absolute Gasteiger partial charge is 0.507 e. The predicted molar refractivity (Wildman–Crippen MR) is 88.2 cm³/mol. The average Bonchev–Trinajstić information content (AvgIpc) is 2.52. The third-order valence-corrected chi connectivity index (χ3v) is 3.99. The monoisotopic (exact) mass is 355 g/mol. The van der Waals surface area contributed by atoms with Crippen LogP contribution in [-0.2, 0) is 6.18 Å². The van der Waals surface area contributed by atoms with Crippen LogP contribution >= 0.6 is 0 Å². The highest BCUT2D eigenvalue weighted by atomic mass is 19.4. The van der Waals surface area contributed by atoms with Gasteiger partial charge in [-0.25, -0.2) is 0 Å². The van der Waals surface area contributed by atoms with Gasteiger partial charge in [0.25, 0.3) is 0 Å². The maximum absolute atomic E-state index is 12.8. The number of aryl methyl sites for hydroxylation is 1. The number of hydrogen-bond donors (Lipinski definition) is 3. The highest BCUT2D eigenvalue weighted by molar-refractivity contribution is 5.71. The van der Waals surface area contributed by atoms with E-state index >= 15 is 0 Å². The Morgan fingerprint density at radius 2 is 1.84 bits per heavy atom. The van der Waals surface area contributed by atoms with Crippen molar-refractivity contribution in [1.82, 2.24) is 10.2 Å². The Kier molecular flexibility index (Phi) is 5.52. The smallest absolute Gasteiger partial charge is 0.416 e. The fourth-order valence-electron chi connectivity index (χ4n) is 2.26. The summed E-state index contributed by atoms with van der Waals surface area (Å²) >= 11 is 0. The molecule has 0 saturated heterocycles. The molecule has 1 unspecified atom stereocenters. The van der Waals surface area contributed by atoms with Crippen molar-refractivity contribution in [3.05, 3.63) is 35.4 Å². The Morgan fingerprint density at radius 3 is 2.32 bits per heavy atom. The van der Waals surface area contributed by atoms with Gasteiger partial charge in [-0.3, -0.25) is 0 Å². The number of aliphatic hydroxyl groups is 1. The molecule has 0 amide bonds. The number of nitrogens with one attached hydrogen (secondary N) is 1. The minimum Gasteiger partial charge on any atom is -0.507 e. The van der Waals surface area contributed by atoms with E-state index in [2.05, 4.69) is 15.5 Å². The lowest BCUT2D eigenvalue weighted by Gasteiger charge is -2.16. The lowest BCUT2D eigenvalue weighted by molar-refractivity contribution is -0.137. The molecule has 1 heterocycles. The van der Waals surface area contributed by atoms with Gasteiger partial charge in [-0.2, -0.15) is 13.2 Å². The molecule has 5 nitrogen and oxygen atoms in total. The molecule has 25 heavy (non-hydrogen) atoms. The number of alkyl halides is 3. The maximum atomic E-state index is 12.8. The topological polar surface area (TPSA) is 78.3 Å². The van der Waals surface area contributed by atoms with Crippen molar-refractivity contribution >= 4 is 5.82 Å². The lowest BCUT2D eigenvalue weighted by Crippen LogP contribution is -2.22. The summed E-state index contributed by atoms with van der Waals surface area (Å²) in [6.45, 7) is 5.54. The molecule has 8 heteroatoms. The molecule has 1 aromatic heterocycles. The van der Waals surface area contributed by atoms with E-state index < -0.39 is 23.6 Å². The van der Waals surface area contributed by atoms with E-state index in [1.54, 1.807) is 19.1 Å². The fraction of sp³-hybridized carbons (Fsp3) is 0.412. The van der Waals surface area contributed by atoms with Crippen molar-refractivity contribution in [2.75, 3.05) is 11.9 Å². The molecular formula is C17H20F3N3O2. The zero-order valence-electron chi connectivity index (χ0n) is 14.1. The van der Waals surface area contributed by atoms with Crippen molar-refractivity contribution in [2.24, 2.45) is 5.92 Å². The molecule has 0 fully saturated rings. The normalized spacial score (nSPS) is 14.2. The van der Waals surface area contributed by atoms with Crippen LogP contribution in [0, 0.1) is 12.8 Å². The first-order valence-corrected chi connectivity index (χ1v) is 7.76. The number of aliphatic hydroxyl groups excluding tert-OH is 1. The van der Waals surface area contributed by atoms with Crippen LogP contribution < -0.4 is 5.32 Å². The van der Waals surface area contributed by atoms with Crippen LogP contribution in [0.2, 0.25) is 0 Å². The summed E-state index contributed by atoms with van der Waals surface area (Å²) < 4.78 is 38.3. The van der Waals surface area contributed by atoms with Crippen LogP contribution in [0.4, 0.5) is 19.0 Å². The van der Waals surface area contributed by atoms with Crippen LogP contribution in [0.15, 0.2) is 24.3 Å². The minimum absolute atomic E-state index is 0.0164. The summed E-state index contributed by atoms with van der Waals surface area (Å²) in [6.07, 6.45) is -4.99. The molecule has 2 rings (SSSR count). The van der Waals surface area contributed by atoms with Crippen LogP contribution in [-0.4, -0.2) is 33.1 Å². The number of phenols is 1. The fourth-order valence-corrected chi connectivity index (χ4v) is 2.26. The van der Waals surface area contributed by atoms with Crippen molar-refractivity contribution < 1.29 is 23.4 Å². The first-order chi connectivity index (χ1) is 11.6. The van der Waals surface area contributed by atoms with Gasteiger partial charge in [0.1, 0.15) is 11.6 Å². The summed E-state index contributed by atoms with van der Waals surface area (Å²) in [5.74, 6) is -0.00644. The number of halogens is 3. The van der Waals surface area contributed by atoms with Crippen LogP contribution in [0.25, 0.3) is 11.3 Å². The third kappa shape index (κ3) is 4.60. The van der Waals surface area contributed by atoms with E-state index in [1.807, 2.05) is 6.92 Å². The quantitative estimate of drug-likeness (QED) is 0.764. The van der Waals surface area contributed by atoms with Crippen molar-refractivity contribution in [1.29, 1.82) is 0 Å². The SMILES string of the molecule is Cc1cc(C(F)(F)F)cc(O)c1-c1ccc(NCC(C)[C@@H](C)O)nn1. The van der Waals surface area contributed by atoms with Crippen LogP contribution in [0.1, 0.15) is 25.0 Å². The third-order valence-electron chi connectivity index (χ3n) is 3.99. The molecular weight excluding hydrogens is 335 g/mol. The van der Waals surface area contributed by atoms with Gasteiger partial charge in [-0.15, -0.1) is 10.2 Å². The number of aromatic hydroxyl groups is 1.